The summed E-state index contributed by atoms with van der Waals surface area (Å²) in [6.45, 7) is 1.60. The summed E-state index contributed by atoms with van der Waals surface area (Å²) in [5, 5.41) is 2.99. The molecule has 1 atom stereocenters. The van der Waals surface area contributed by atoms with E-state index in [-0.39, 0.29) is 11.8 Å². The molecule has 94 valence electrons. The second-order valence-electron chi connectivity index (χ2n) is 4.86. The first-order chi connectivity index (χ1) is 8.16. The zero-order chi connectivity index (χ0) is 12.3. The van der Waals surface area contributed by atoms with Crippen molar-refractivity contribution in [1.82, 2.24) is 20.2 Å². The van der Waals surface area contributed by atoms with Crippen LogP contribution in [0.15, 0.2) is 6.33 Å². The first-order valence-electron chi connectivity index (χ1n) is 6.10. The third kappa shape index (κ3) is 3.06. The van der Waals surface area contributed by atoms with E-state index in [0.717, 1.165) is 43.7 Å². The van der Waals surface area contributed by atoms with Gasteiger partial charge in [0, 0.05) is 31.1 Å². The molecule has 17 heavy (non-hydrogen) atoms. The highest BCUT2D eigenvalue weighted by Crippen LogP contribution is 2.22. The molecule has 0 saturated heterocycles. The van der Waals surface area contributed by atoms with Crippen molar-refractivity contribution in [3.63, 3.8) is 0 Å². The van der Waals surface area contributed by atoms with Gasteiger partial charge in [-0.25, -0.2) is 4.98 Å². The number of fused-ring (bicyclic) bond motifs is 1. The topological polar surface area (TPSA) is 61.0 Å². The van der Waals surface area contributed by atoms with Crippen LogP contribution in [-0.4, -0.2) is 48.0 Å². The van der Waals surface area contributed by atoms with Crippen LogP contribution in [0.1, 0.15) is 17.8 Å². The van der Waals surface area contributed by atoms with Crippen LogP contribution in [0.25, 0.3) is 0 Å². The summed E-state index contributed by atoms with van der Waals surface area (Å²) in [6, 6.07) is 0. The number of carbonyl (C=O) groups is 1. The van der Waals surface area contributed by atoms with Crippen LogP contribution in [0.5, 0.6) is 0 Å². The molecule has 5 heteroatoms. The van der Waals surface area contributed by atoms with E-state index in [1.807, 2.05) is 14.1 Å². The second-order valence-corrected chi connectivity index (χ2v) is 4.86. The normalized spacial score (nSPS) is 19.1. The molecule has 2 N–H and O–H groups in total. The van der Waals surface area contributed by atoms with Crippen LogP contribution >= 0.6 is 0 Å². The van der Waals surface area contributed by atoms with Gasteiger partial charge >= 0.3 is 0 Å². The molecule has 1 aromatic heterocycles. The third-order valence-corrected chi connectivity index (χ3v) is 3.22. The van der Waals surface area contributed by atoms with E-state index in [1.54, 1.807) is 6.33 Å². The molecule has 1 aromatic rings. The number of rotatable bonds is 4. The number of hydrogen-bond donors (Lipinski definition) is 2. The van der Waals surface area contributed by atoms with E-state index in [1.165, 1.54) is 0 Å². The van der Waals surface area contributed by atoms with Crippen LogP contribution in [0.2, 0.25) is 0 Å². The van der Waals surface area contributed by atoms with Crippen molar-refractivity contribution in [3.8, 4) is 0 Å². The number of nitrogens with one attached hydrogen (secondary N) is 2. The number of aromatic amines is 1. The van der Waals surface area contributed by atoms with Crippen molar-refractivity contribution in [3.05, 3.63) is 17.7 Å². The quantitative estimate of drug-likeness (QED) is 0.784. The monoisotopic (exact) mass is 236 g/mol. The van der Waals surface area contributed by atoms with Crippen molar-refractivity contribution < 1.29 is 4.79 Å². The Kier molecular flexibility index (Phi) is 3.78. The van der Waals surface area contributed by atoms with Crippen molar-refractivity contribution in [1.29, 1.82) is 0 Å². The van der Waals surface area contributed by atoms with E-state index >= 15 is 0 Å². The standard InChI is InChI=1S/C12H20N4O/c1-16(2)6-5-13-12(17)9-3-4-10-11(7-9)15-8-14-10/h8-9H,3-7H2,1-2H3,(H,13,17)(H,14,15). The van der Waals surface area contributed by atoms with Gasteiger partial charge in [-0.05, 0) is 26.9 Å². The summed E-state index contributed by atoms with van der Waals surface area (Å²) in [6.07, 6.45) is 4.33. The van der Waals surface area contributed by atoms with Gasteiger partial charge in [0.05, 0.1) is 12.0 Å². The van der Waals surface area contributed by atoms with Gasteiger partial charge in [0.15, 0.2) is 0 Å². The number of amides is 1. The number of nitrogens with zero attached hydrogens (tertiary/aromatic N) is 2. The Morgan fingerprint density at radius 1 is 1.65 bits per heavy atom. The second kappa shape index (κ2) is 5.31. The number of carbonyl (C=O) groups excluding carboxylic acids is 1. The van der Waals surface area contributed by atoms with Gasteiger partial charge < -0.3 is 15.2 Å². The lowest BCUT2D eigenvalue weighted by Gasteiger charge is -2.21. The van der Waals surface area contributed by atoms with Gasteiger partial charge in [0.2, 0.25) is 5.91 Å². The van der Waals surface area contributed by atoms with Gasteiger partial charge in [-0.3, -0.25) is 4.79 Å². The zero-order valence-electron chi connectivity index (χ0n) is 10.5. The van der Waals surface area contributed by atoms with E-state index in [0.29, 0.717) is 0 Å². The molecule has 2 rings (SSSR count). The average molecular weight is 236 g/mol. The summed E-state index contributed by atoms with van der Waals surface area (Å²) >= 11 is 0. The molecule has 0 fully saturated rings. The number of H-pyrrole nitrogens is 1. The number of aryl methyl sites for hydroxylation is 1. The van der Waals surface area contributed by atoms with E-state index in [2.05, 4.69) is 20.2 Å². The van der Waals surface area contributed by atoms with E-state index < -0.39 is 0 Å². The fourth-order valence-electron chi connectivity index (χ4n) is 2.17. The predicted octanol–water partition coefficient (Wildman–Crippen LogP) is 0.192. The highest BCUT2D eigenvalue weighted by Gasteiger charge is 2.25. The number of imidazole rings is 1. The fourth-order valence-corrected chi connectivity index (χ4v) is 2.17. The van der Waals surface area contributed by atoms with Gasteiger partial charge in [-0.2, -0.15) is 0 Å². The number of hydrogen-bond acceptors (Lipinski definition) is 3. The molecule has 1 unspecified atom stereocenters. The van der Waals surface area contributed by atoms with Crippen LogP contribution in [0.4, 0.5) is 0 Å². The molecule has 1 aliphatic carbocycles. The molecule has 1 amide bonds. The predicted molar refractivity (Wildman–Crippen MR) is 65.7 cm³/mol. The Morgan fingerprint density at radius 2 is 2.47 bits per heavy atom. The van der Waals surface area contributed by atoms with Crippen molar-refractivity contribution in [2.24, 2.45) is 5.92 Å². The molecule has 1 heterocycles. The lowest BCUT2D eigenvalue weighted by molar-refractivity contribution is -0.125. The summed E-state index contributed by atoms with van der Waals surface area (Å²) in [5.74, 6) is 0.275. The molecule has 0 saturated carbocycles. The highest BCUT2D eigenvalue weighted by atomic mass is 16.1. The van der Waals surface area contributed by atoms with E-state index in [4.69, 9.17) is 0 Å². The average Bonchev–Trinajstić information content (AvgIpc) is 2.75. The Hall–Kier alpha value is -1.36. The maximum Gasteiger partial charge on any atom is 0.223 e. The van der Waals surface area contributed by atoms with Gasteiger partial charge in [-0.1, -0.05) is 0 Å². The first-order valence-corrected chi connectivity index (χ1v) is 6.10. The van der Waals surface area contributed by atoms with Crippen molar-refractivity contribution in [2.75, 3.05) is 27.2 Å². The Morgan fingerprint density at radius 3 is 3.24 bits per heavy atom. The lowest BCUT2D eigenvalue weighted by Crippen LogP contribution is -2.37. The molecule has 0 aromatic carbocycles. The maximum atomic E-state index is 11.9. The number of aromatic nitrogens is 2. The minimum absolute atomic E-state index is 0.102. The molecular weight excluding hydrogens is 216 g/mol. The van der Waals surface area contributed by atoms with Crippen LogP contribution < -0.4 is 5.32 Å². The fraction of sp³-hybridized carbons (Fsp3) is 0.667. The highest BCUT2D eigenvalue weighted by molar-refractivity contribution is 5.79. The minimum Gasteiger partial charge on any atom is -0.355 e. The Balaban J connectivity index is 1.82. The molecule has 0 bridgehead atoms. The van der Waals surface area contributed by atoms with Crippen molar-refractivity contribution >= 4 is 5.91 Å². The molecule has 0 aliphatic heterocycles. The van der Waals surface area contributed by atoms with Crippen LogP contribution in [-0.2, 0) is 17.6 Å². The van der Waals surface area contributed by atoms with Gasteiger partial charge in [-0.15, -0.1) is 0 Å². The number of likely N-dealkylation sites (N-methyl/N-ethyl adjacent to an activating group) is 1. The first kappa shape index (κ1) is 12.1. The summed E-state index contributed by atoms with van der Waals surface area (Å²) in [4.78, 5) is 21.4. The van der Waals surface area contributed by atoms with E-state index in [9.17, 15) is 4.79 Å². The maximum absolute atomic E-state index is 11.9. The van der Waals surface area contributed by atoms with Gasteiger partial charge in [0.1, 0.15) is 0 Å². The lowest BCUT2D eigenvalue weighted by atomic mass is 9.89. The molecule has 5 nitrogen and oxygen atoms in total. The third-order valence-electron chi connectivity index (χ3n) is 3.22. The SMILES string of the molecule is CN(C)CCNC(=O)C1CCc2nc[nH]c2C1. The summed E-state index contributed by atoms with van der Waals surface area (Å²) in [7, 11) is 4.01. The molecule has 1 aliphatic rings. The van der Waals surface area contributed by atoms with Crippen LogP contribution in [0.3, 0.4) is 0 Å². The Labute approximate surface area is 102 Å². The molecular formula is C12H20N4O. The summed E-state index contributed by atoms with van der Waals surface area (Å²) < 4.78 is 0. The molecule has 0 spiro atoms. The smallest absolute Gasteiger partial charge is 0.223 e. The Bertz CT molecular complexity index is 386. The summed E-state index contributed by atoms with van der Waals surface area (Å²) in [5.41, 5.74) is 2.26. The molecule has 0 radical (unpaired) electrons. The minimum atomic E-state index is 0.102. The largest absolute Gasteiger partial charge is 0.355 e. The zero-order valence-corrected chi connectivity index (χ0v) is 10.5. The van der Waals surface area contributed by atoms with Gasteiger partial charge in [0.25, 0.3) is 0 Å². The van der Waals surface area contributed by atoms with Crippen molar-refractivity contribution in [2.45, 2.75) is 19.3 Å². The van der Waals surface area contributed by atoms with Crippen LogP contribution in [0, 0.1) is 5.92 Å².